The Balaban J connectivity index is 2.85. The molecule has 1 N–H and O–H groups in total. The number of halogens is 2. The molecule has 0 unspecified atom stereocenters. The summed E-state index contributed by atoms with van der Waals surface area (Å²) in [5, 5.41) is 4.00. The molecule has 0 aliphatic rings. The second kappa shape index (κ2) is 3.09. The van der Waals surface area contributed by atoms with Crippen molar-refractivity contribution >= 4 is 34.5 Å². The molecule has 0 aromatic carbocycles. The number of nitrogens with zero attached hydrogens (tertiary/aromatic N) is 2. The first-order valence-electron chi connectivity index (χ1n) is 3.72. The molecule has 0 bridgehead atoms. The number of fused-ring (bicyclic) bond motifs is 1. The van der Waals surface area contributed by atoms with E-state index in [9.17, 15) is 0 Å². The Labute approximate surface area is 85.3 Å². The molecule has 0 amide bonds. The number of imidazole rings is 1. The van der Waals surface area contributed by atoms with Gasteiger partial charge in [-0.05, 0) is 6.07 Å². The van der Waals surface area contributed by atoms with E-state index in [1.165, 1.54) is 0 Å². The maximum Gasteiger partial charge on any atom is 0.153 e. The molecule has 0 aliphatic carbocycles. The van der Waals surface area contributed by atoms with Gasteiger partial charge in [-0.3, -0.25) is 0 Å². The zero-order valence-electron chi connectivity index (χ0n) is 6.88. The van der Waals surface area contributed by atoms with Crippen LogP contribution in [-0.4, -0.2) is 16.4 Å². The van der Waals surface area contributed by atoms with Crippen LogP contribution in [0.5, 0.6) is 0 Å². The van der Waals surface area contributed by atoms with E-state index >= 15 is 0 Å². The van der Waals surface area contributed by atoms with E-state index < -0.39 is 0 Å². The predicted octanol–water partition coefficient (Wildman–Crippen LogP) is 2.68. The summed E-state index contributed by atoms with van der Waals surface area (Å²) in [6, 6.07) is 1.73. The Morgan fingerprint density at radius 1 is 1.46 bits per heavy atom. The minimum absolute atomic E-state index is 0.519. The van der Waals surface area contributed by atoms with Crippen LogP contribution >= 0.6 is 23.2 Å². The van der Waals surface area contributed by atoms with Crippen LogP contribution in [0.15, 0.2) is 18.6 Å². The number of aromatic nitrogens is 2. The SMILES string of the molecule is CNc1ncn2ccc(Cl)c(Cl)c12. The zero-order valence-corrected chi connectivity index (χ0v) is 8.39. The summed E-state index contributed by atoms with van der Waals surface area (Å²) in [4.78, 5) is 4.12. The van der Waals surface area contributed by atoms with Crippen LogP contribution in [0.3, 0.4) is 0 Å². The maximum atomic E-state index is 6.02. The van der Waals surface area contributed by atoms with Crippen LogP contribution in [0.2, 0.25) is 10.0 Å². The number of hydrogen-bond acceptors (Lipinski definition) is 2. The van der Waals surface area contributed by atoms with Gasteiger partial charge in [0.1, 0.15) is 11.8 Å². The molecular weight excluding hydrogens is 209 g/mol. The normalized spacial score (nSPS) is 10.7. The van der Waals surface area contributed by atoms with Gasteiger partial charge in [-0.2, -0.15) is 0 Å². The van der Waals surface area contributed by atoms with Gasteiger partial charge in [0, 0.05) is 13.2 Å². The lowest BCUT2D eigenvalue weighted by molar-refractivity contribution is 1.15. The van der Waals surface area contributed by atoms with E-state index in [0.29, 0.717) is 10.0 Å². The summed E-state index contributed by atoms with van der Waals surface area (Å²) in [6.45, 7) is 0. The third-order valence-electron chi connectivity index (χ3n) is 1.83. The molecule has 3 nitrogen and oxygen atoms in total. The van der Waals surface area contributed by atoms with Crippen molar-refractivity contribution in [3.63, 3.8) is 0 Å². The molecule has 0 fully saturated rings. The van der Waals surface area contributed by atoms with E-state index in [2.05, 4.69) is 10.3 Å². The highest BCUT2D eigenvalue weighted by atomic mass is 35.5. The van der Waals surface area contributed by atoms with Crippen LogP contribution in [-0.2, 0) is 0 Å². The number of pyridine rings is 1. The Kier molecular flexibility index (Phi) is 2.06. The average Bonchev–Trinajstić information content (AvgIpc) is 2.55. The molecule has 0 saturated carbocycles. The molecule has 2 aromatic rings. The number of anilines is 1. The molecule has 0 spiro atoms. The van der Waals surface area contributed by atoms with Crippen molar-refractivity contribution < 1.29 is 0 Å². The number of rotatable bonds is 1. The van der Waals surface area contributed by atoms with Gasteiger partial charge < -0.3 is 9.72 Å². The maximum absolute atomic E-state index is 6.02. The van der Waals surface area contributed by atoms with Crippen molar-refractivity contribution in [3.05, 3.63) is 28.6 Å². The van der Waals surface area contributed by atoms with Gasteiger partial charge in [0.15, 0.2) is 5.82 Å². The standard InChI is InChI=1S/C8H7Cl2N3/c1-11-8-7-6(10)5(9)2-3-13(7)4-12-8/h2-4,11H,1H3. The summed E-state index contributed by atoms with van der Waals surface area (Å²) in [7, 11) is 1.79. The van der Waals surface area contributed by atoms with E-state index in [0.717, 1.165) is 11.3 Å². The van der Waals surface area contributed by atoms with E-state index in [4.69, 9.17) is 23.2 Å². The Bertz CT molecular complexity index is 450. The van der Waals surface area contributed by atoms with Crippen molar-refractivity contribution in [2.24, 2.45) is 0 Å². The third kappa shape index (κ3) is 1.24. The van der Waals surface area contributed by atoms with Gasteiger partial charge >= 0.3 is 0 Å². The molecule has 68 valence electrons. The second-order valence-corrected chi connectivity index (χ2v) is 3.36. The topological polar surface area (TPSA) is 29.3 Å². The summed E-state index contributed by atoms with van der Waals surface area (Å²) in [6.07, 6.45) is 3.50. The fraction of sp³-hybridized carbons (Fsp3) is 0.125. The summed E-state index contributed by atoms with van der Waals surface area (Å²) in [5.74, 6) is 0.729. The number of nitrogens with one attached hydrogen (secondary N) is 1. The summed E-state index contributed by atoms with van der Waals surface area (Å²) < 4.78 is 1.82. The quantitative estimate of drug-likeness (QED) is 0.793. The lowest BCUT2D eigenvalue weighted by Gasteiger charge is -2.01. The Hall–Kier alpha value is -0.930. The average molecular weight is 216 g/mol. The van der Waals surface area contributed by atoms with E-state index in [-0.39, 0.29) is 0 Å². The summed E-state index contributed by atoms with van der Waals surface area (Å²) in [5.41, 5.74) is 0.802. The van der Waals surface area contributed by atoms with Crippen LogP contribution in [0.4, 0.5) is 5.82 Å². The summed E-state index contributed by atoms with van der Waals surface area (Å²) >= 11 is 11.9. The van der Waals surface area contributed by atoms with Crippen molar-refractivity contribution in [2.45, 2.75) is 0 Å². The van der Waals surface area contributed by atoms with Gasteiger partial charge in [0.05, 0.1) is 10.0 Å². The van der Waals surface area contributed by atoms with Crippen LogP contribution in [0.25, 0.3) is 5.52 Å². The molecule has 0 atom stereocenters. The molecule has 2 rings (SSSR count). The smallest absolute Gasteiger partial charge is 0.153 e. The fourth-order valence-electron chi connectivity index (χ4n) is 1.21. The molecule has 0 saturated heterocycles. The zero-order chi connectivity index (χ0) is 9.42. The minimum atomic E-state index is 0.519. The molecule has 2 heterocycles. The molecular formula is C8H7Cl2N3. The van der Waals surface area contributed by atoms with Crippen LogP contribution in [0.1, 0.15) is 0 Å². The van der Waals surface area contributed by atoms with Crippen LogP contribution in [0, 0.1) is 0 Å². The largest absolute Gasteiger partial charge is 0.371 e. The monoisotopic (exact) mass is 215 g/mol. The van der Waals surface area contributed by atoms with Gasteiger partial charge in [0.2, 0.25) is 0 Å². The molecule has 0 aliphatic heterocycles. The molecule has 5 heteroatoms. The predicted molar refractivity (Wildman–Crippen MR) is 54.8 cm³/mol. The fourth-order valence-corrected chi connectivity index (χ4v) is 1.60. The highest BCUT2D eigenvalue weighted by Crippen LogP contribution is 2.30. The first kappa shape index (κ1) is 8.66. The van der Waals surface area contributed by atoms with Crippen molar-refractivity contribution in [1.82, 2.24) is 9.38 Å². The second-order valence-electron chi connectivity index (χ2n) is 2.58. The van der Waals surface area contributed by atoms with Crippen molar-refractivity contribution in [1.29, 1.82) is 0 Å². The van der Waals surface area contributed by atoms with Gasteiger partial charge in [-0.25, -0.2) is 4.98 Å². The first-order valence-corrected chi connectivity index (χ1v) is 4.48. The van der Waals surface area contributed by atoms with Gasteiger partial charge in [-0.1, -0.05) is 23.2 Å². The minimum Gasteiger partial charge on any atom is -0.371 e. The molecule has 13 heavy (non-hydrogen) atoms. The van der Waals surface area contributed by atoms with Crippen molar-refractivity contribution in [3.8, 4) is 0 Å². The van der Waals surface area contributed by atoms with E-state index in [1.54, 1.807) is 19.4 Å². The first-order chi connectivity index (χ1) is 6.24. The lowest BCUT2D eigenvalue weighted by Crippen LogP contribution is -1.90. The van der Waals surface area contributed by atoms with Gasteiger partial charge in [-0.15, -0.1) is 0 Å². The van der Waals surface area contributed by atoms with Crippen molar-refractivity contribution in [2.75, 3.05) is 12.4 Å². The highest BCUT2D eigenvalue weighted by molar-refractivity contribution is 6.44. The highest BCUT2D eigenvalue weighted by Gasteiger charge is 2.09. The van der Waals surface area contributed by atoms with E-state index in [1.807, 2.05) is 10.6 Å². The lowest BCUT2D eigenvalue weighted by atomic mass is 10.4. The third-order valence-corrected chi connectivity index (χ3v) is 2.62. The Morgan fingerprint density at radius 2 is 2.23 bits per heavy atom. The molecule has 0 radical (unpaired) electrons. The van der Waals surface area contributed by atoms with Gasteiger partial charge in [0.25, 0.3) is 0 Å². The Morgan fingerprint density at radius 3 is 2.92 bits per heavy atom. The molecule has 2 aromatic heterocycles. The number of hydrogen-bond donors (Lipinski definition) is 1. The van der Waals surface area contributed by atoms with Crippen LogP contribution < -0.4 is 5.32 Å².